The van der Waals surface area contributed by atoms with E-state index in [1.807, 2.05) is 91.4 Å². The van der Waals surface area contributed by atoms with Crippen molar-refractivity contribution in [1.29, 1.82) is 0 Å². The third-order valence-corrected chi connectivity index (χ3v) is 6.08. The lowest BCUT2D eigenvalue weighted by Gasteiger charge is -2.17. The number of rotatable bonds is 7. The van der Waals surface area contributed by atoms with Gasteiger partial charge >= 0.3 is 0 Å². The third-order valence-electron chi connectivity index (χ3n) is 5.35. The molecule has 1 unspecified atom stereocenters. The second-order valence-electron chi connectivity index (χ2n) is 7.89. The molecule has 0 spiro atoms. The van der Waals surface area contributed by atoms with Gasteiger partial charge in [0.05, 0.1) is 17.1 Å². The monoisotopic (exact) mass is 458 g/mol. The first-order valence-electron chi connectivity index (χ1n) is 10.7. The number of carbonyl (C=O) groups excluding carboxylic acids is 2. The van der Waals surface area contributed by atoms with Crippen molar-refractivity contribution >= 4 is 40.3 Å². The van der Waals surface area contributed by atoms with Gasteiger partial charge in [-0.05, 0) is 62.6 Å². The van der Waals surface area contributed by atoms with Gasteiger partial charge in [0.1, 0.15) is 12.4 Å². The number of aryl methyl sites for hydroxylation is 1. The summed E-state index contributed by atoms with van der Waals surface area (Å²) < 4.78 is 1.87. The van der Waals surface area contributed by atoms with Gasteiger partial charge in [0.15, 0.2) is 0 Å². The van der Waals surface area contributed by atoms with Crippen LogP contribution in [0.3, 0.4) is 0 Å². The molecule has 4 aromatic rings. The Hall–Kier alpha value is -3.58. The van der Waals surface area contributed by atoms with E-state index in [2.05, 4.69) is 10.6 Å². The quantitative estimate of drug-likeness (QED) is 0.374. The van der Waals surface area contributed by atoms with Gasteiger partial charge in [-0.15, -0.1) is 11.8 Å². The minimum absolute atomic E-state index is 0.0873. The van der Waals surface area contributed by atoms with Crippen molar-refractivity contribution < 1.29 is 9.59 Å². The van der Waals surface area contributed by atoms with Gasteiger partial charge in [-0.2, -0.15) is 0 Å². The SMILES string of the molecule is CSc1cccc(NC(=O)Cn2c(C(C)NC(=O)c3cccc(C)c3)nc3ccccc32)c1. The summed E-state index contributed by atoms with van der Waals surface area (Å²) in [5.41, 5.74) is 3.98. The topological polar surface area (TPSA) is 76.0 Å². The average molecular weight is 459 g/mol. The number of para-hydroxylation sites is 2. The van der Waals surface area contributed by atoms with E-state index in [4.69, 9.17) is 4.98 Å². The van der Waals surface area contributed by atoms with Crippen LogP contribution in [0.15, 0.2) is 77.7 Å². The molecule has 1 aromatic heterocycles. The fourth-order valence-electron chi connectivity index (χ4n) is 3.77. The van der Waals surface area contributed by atoms with E-state index in [0.717, 1.165) is 27.2 Å². The smallest absolute Gasteiger partial charge is 0.251 e. The summed E-state index contributed by atoms with van der Waals surface area (Å²) >= 11 is 1.62. The minimum atomic E-state index is -0.391. The van der Waals surface area contributed by atoms with Gasteiger partial charge in [-0.1, -0.05) is 35.9 Å². The van der Waals surface area contributed by atoms with Crippen LogP contribution >= 0.6 is 11.8 Å². The zero-order chi connectivity index (χ0) is 23.4. The lowest BCUT2D eigenvalue weighted by molar-refractivity contribution is -0.116. The number of aromatic nitrogens is 2. The molecule has 0 fully saturated rings. The molecule has 3 aromatic carbocycles. The molecule has 0 saturated heterocycles. The average Bonchev–Trinajstić information content (AvgIpc) is 3.17. The Kier molecular flexibility index (Phi) is 6.79. The molecule has 33 heavy (non-hydrogen) atoms. The van der Waals surface area contributed by atoms with E-state index in [0.29, 0.717) is 11.4 Å². The van der Waals surface area contributed by atoms with E-state index in [1.54, 1.807) is 17.8 Å². The number of nitrogens with zero attached hydrogens (tertiary/aromatic N) is 2. The molecule has 0 aliphatic heterocycles. The molecule has 6 nitrogen and oxygen atoms in total. The number of imidazole rings is 1. The summed E-state index contributed by atoms with van der Waals surface area (Å²) in [7, 11) is 0. The van der Waals surface area contributed by atoms with Crippen molar-refractivity contribution in [2.24, 2.45) is 0 Å². The lowest BCUT2D eigenvalue weighted by atomic mass is 10.1. The molecule has 1 atom stereocenters. The van der Waals surface area contributed by atoms with Crippen LogP contribution in [0.1, 0.15) is 34.7 Å². The molecular weight excluding hydrogens is 432 g/mol. The largest absolute Gasteiger partial charge is 0.342 e. The lowest BCUT2D eigenvalue weighted by Crippen LogP contribution is -2.30. The highest BCUT2D eigenvalue weighted by molar-refractivity contribution is 7.98. The Morgan fingerprint density at radius 1 is 1.03 bits per heavy atom. The Bertz CT molecular complexity index is 1310. The molecule has 0 saturated carbocycles. The summed E-state index contributed by atoms with van der Waals surface area (Å²) in [5.74, 6) is 0.295. The number of anilines is 1. The molecular formula is C26H26N4O2S. The molecule has 0 aliphatic rings. The van der Waals surface area contributed by atoms with Crippen LogP contribution in [-0.4, -0.2) is 27.6 Å². The molecule has 0 radical (unpaired) electrons. The minimum Gasteiger partial charge on any atom is -0.342 e. The standard InChI is InChI=1S/C26H26N4O2S/c1-17-8-6-9-19(14-17)26(32)27-18(2)25-29-22-12-4-5-13-23(22)30(25)16-24(31)28-20-10-7-11-21(15-20)33-3/h4-15,18H,16H2,1-3H3,(H,27,32)(H,28,31). The number of hydrogen-bond acceptors (Lipinski definition) is 4. The predicted octanol–water partition coefficient (Wildman–Crippen LogP) is 5.20. The first-order chi connectivity index (χ1) is 15.9. The zero-order valence-electron chi connectivity index (χ0n) is 18.8. The van der Waals surface area contributed by atoms with Gasteiger partial charge < -0.3 is 15.2 Å². The maximum atomic E-state index is 12.9. The van der Waals surface area contributed by atoms with E-state index >= 15 is 0 Å². The van der Waals surface area contributed by atoms with Gasteiger partial charge in [0.2, 0.25) is 5.91 Å². The number of benzene rings is 3. The van der Waals surface area contributed by atoms with Crippen molar-refractivity contribution in [3.8, 4) is 0 Å². The molecule has 0 bridgehead atoms. The van der Waals surface area contributed by atoms with Gasteiger partial charge in [0, 0.05) is 16.1 Å². The Morgan fingerprint density at radius 3 is 2.61 bits per heavy atom. The van der Waals surface area contributed by atoms with Gasteiger partial charge in [0.25, 0.3) is 5.91 Å². The molecule has 2 N–H and O–H groups in total. The first kappa shape index (κ1) is 22.6. The van der Waals surface area contributed by atoms with Gasteiger partial charge in [-0.25, -0.2) is 4.98 Å². The van der Waals surface area contributed by atoms with Crippen molar-refractivity contribution in [2.45, 2.75) is 31.3 Å². The highest BCUT2D eigenvalue weighted by atomic mass is 32.2. The molecule has 0 aliphatic carbocycles. The molecule has 1 heterocycles. The zero-order valence-corrected chi connectivity index (χ0v) is 19.6. The number of amides is 2. The van der Waals surface area contributed by atoms with Gasteiger partial charge in [-0.3, -0.25) is 9.59 Å². The van der Waals surface area contributed by atoms with Crippen molar-refractivity contribution in [3.05, 3.63) is 89.7 Å². The highest BCUT2D eigenvalue weighted by Gasteiger charge is 2.20. The Balaban J connectivity index is 1.58. The maximum absolute atomic E-state index is 12.9. The Labute approximate surface area is 197 Å². The fraction of sp³-hybridized carbons (Fsp3) is 0.192. The second-order valence-corrected chi connectivity index (χ2v) is 8.77. The molecule has 168 valence electrons. The number of hydrogen-bond donors (Lipinski definition) is 2. The van der Waals surface area contributed by atoms with E-state index in [1.165, 1.54) is 0 Å². The van der Waals surface area contributed by atoms with Crippen LogP contribution in [0, 0.1) is 6.92 Å². The van der Waals surface area contributed by atoms with E-state index < -0.39 is 6.04 Å². The van der Waals surface area contributed by atoms with Crippen molar-refractivity contribution in [2.75, 3.05) is 11.6 Å². The Morgan fingerprint density at radius 2 is 1.82 bits per heavy atom. The third kappa shape index (κ3) is 5.26. The number of carbonyl (C=O) groups is 2. The number of thioether (sulfide) groups is 1. The predicted molar refractivity (Wildman–Crippen MR) is 134 cm³/mol. The van der Waals surface area contributed by atoms with Crippen molar-refractivity contribution in [1.82, 2.24) is 14.9 Å². The second kappa shape index (κ2) is 9.92. The number of fused-ring (bicyclic) bond motifs is 1. The van der Waals surface area contributed by atoms with Crippen LogP contribution in [0.4, 0.5) is 5.69 Å². The highest BCUT2D eigenvalue weighted by Crippen LogP contribution is 2.23. The first-order valence-corrected chi connectivity index (χ1v) is 11.9. The van der Waals surface area contributed by atoms with Crippen molar-refractivity contribution in [3.63, 3.8) is 0 Å². The molecule has 7 heteroatoms. The number of nitrogens with one attached hydrogen (secondary N) is 2. The normalized spacial score (nSPS) is 11.8. The van der Waals surface area contributed by atoms with Crippen LogP contribution in [0.25, 0.3) is 11.0 Å². The van der Waals surface area contributed by atoms with Crippen LogP contribution < -0.4 is 10.6 Å². The summed E-state index contributed by atoms with van der Waals surface area (Å²) in [5, 5.41) is 5.99. The van der Waals surface area contributed by atoms with E-state index in [-0.39, 0.29) is 18.4 Å². The summed E-state index contributed by atoms with van der Waals surface area (Å²) in [6.07, 6.45) is 2.00. The van der Waals surface area contributed by atoms with Crippen LogP contribution in [0.2, 0.25) is 0 Å². The molecule has 4 rings (SSSR count). The molecule has 2 amide bonds. The summed E-state index contributed by atoms with van der Waals surface area (Å²) in [6, 6.07) is 22.5. The summed E-state index contributed by atoms with van der Waals surface area (Å²) in [4.78, 5) is 31.5. The van der Waals surface area contributed by atoms with Crippen LogP contribution in [0.5, 0.6) is 0 Å². The fourth-order valence-corrected chi connectivity index (χ4v) is 4.23. The van der Waals surface area contributed by atoms with E-state index in [9.17, 15) is 9.59 Å². The van der Waals surface area contributed by atoms with Crippen LogP contribution in [-0.2, 0) is 11.3 Å². The maximum Gasteiger partial charge on any atom is 0.251 e. The summed E-state index contributed by atoms with van der Waals surface area (Å²) in [6.45, 7) is 3.92.